The molecule has 0 fully saturated rings. The highest BCUT2D eigenvalue weighted by Crippen LogP contribution is 2.51. The van der Waals surface area contributed by atoms with Crippen LogP contribution >= 0.6 is 0 Å². The lowest BCUT2D eigenvalue weighted by atomic mass is 10.0. The van der Waals surface area contributed by atoms with E-state index in [-0.39, 0.29) is 31.1 Å². The molecule has 4 nitrogen and oxygen atoms in total. The van der Waals surface area contributed by atoms with Crippen molar-refractivity contribution in [3.63, 3.8) is 0 Å². The molecule has 262 valence electrons. The van der Waals surface area contributed by atoms with Gasteiger partial charge in [-0.15, -0.1) is 6.58 Å². The first-order valence-electron chi connectivity index (χ1n) is 15.4. The number of halogens is 7. The summed E-state index contributed by atoms with van der Waals surface area (Å²) in [6.45, 7) is 20.8. The number of ether oxygens (including phenoxy) is 1. The third-order valence-corrected chi connectivity index (χ3v) is 19.2. The molecule has 1 aromatic rings. The predicted molar refractivity (Wildman–Crippen MR) is 170 cm³/mol. The van der Waals surface area contributed by atoms with Gasteiger partial charge in [-0.25, -0.2) is 0 Å². The summed E-state index contributed by atoms with van der Waals surface area (Å²) in [4.78, 5) is 0. The number of aliphatic hydroxyl groups is 1. The van der Waals surface area contributed by atoms with Crippen LogP contribution in [0.2, 0.25) is 35.3 Å². The molecule has 0 heterocycles. The van der Waals surface area contributed by atoms with Gasteiger partial charge >= 0.3 is 18.0 Å². The van der Waals surface area contributed by atoms with E-state index in [1.165, 1.54) is 0 Å². The molecule has 3 atom stereocenters. The van der Waals surface area contributed by atoms with E-state index in [1.54, 1.807) is 33.8 Å². The summed E-state index contributed by atoms with van der Waals surface area (Å²) in [6, 6.07) is 8.56. The Morgan fingerprint density at radius 2 is 1.42 bits per heavy atom. The van der Waals surface area contributed by atoms with Crippen LogP contribution in [0.25, 0.3) is 0 Å². The third-order valence-electron chi connectivity index (χ3n) is 9.05. The minimum atomic E-state index is -6.41. The number of benzene rings is 1. The van der Waals surface area contributed by atoms with E-state index in [1.807, 2.05) is 64.2 Å². The van der Waals surface area contributed by atoms with Gasteiger partial charge in [-0.1, -0.05) is 84.9 Å². The second-order valence-corrected chi connectivity index (χ2v) is 23.8. The van der Waals surface area contributed by atoms with Gasteiger partial charge in [0.1, 0.15) is 0 Å². The van der Waals surface area contributed by atoms with Gasteiger partial charge in [0.05, 0.1) is 31.5 Å². The summed E-state index contributed by atoms with van der Waals surface area (Å²) in [5.41, 5.74) is -0.0675. The Kier molecular flexibility index (Phi) is 15.1. The first-order chi connectivity index (χ1) is 20.3. The lowest BCUT2D eigenvalue weighted by Crippen LogP contribution is -2.56. The Labute approximate surface area is 267 Å². The van der Waals surface area contributed by atoms with Crippen molar-refractivity contribution in [2.24, 2.45) is 0 Å². The normalized spacial score (nSPS) is 16.2. The van der Waals surface area contributed by atoms with Crippen LogP contribution in [0.1, 0.15) is 73.3 Å². The molecule has 1 aromatic carbocycles. The van der Waals surface area contributed by atoms with Crippen LogP contribution in [0, 0.1) is 0 Å². The molecule has 0 saturated heterocycles. The molecule has 0 unspecified atom stereocenters. The average molecular weight is 691 g/mol. The summed E-state index contributed by atoms with van der Waals surface area (Å²) in [5.74, 6) is -11.5. The van der Waals surface area contributed by atoms with E-state index in [4.69, 9.17) is 13.6 Å². The number of alkyl halides is 7. The molecule has 0 spiro atoms. The standard InChI is InChI=1S/C32H53F7O4Si2/c1-11-15-26(40)20-27(41-21-25-16-13-12-14-17-25)28(22-42-44(9,10)29(6,7)8)43-45(23(2)3,24(4)5)19-18-30(33,34)31(35,36)32(37,38)39/h11-14,16-17,23-24,26-28,40H,1,15,18-22H2,2-10H3/t26-,27-,28+/m0/s1. The van der Waals surface area contributed by atoms with Crippen molar-refractivity contribution in [3.8, 4) is 0 Å². The van der Waals surface area contributed by atoms with Gasteiger partial charge in [-0.05, 0) is 47.2 Å². The van der Waals surface area contributed by atoms with Crippen molar-refractivity contribution in [1.82, 2.24) is 0 Å². The fourth-order valence-corrected chi connectivity index (χ4v) is 10.6. The second-order valence-electron chi connectivity index (χ2n) is 14.0. The zero-order valence-electron chi connectivity index (χ0n) is 28.1. The maximum Gasteiger partial charge on any atom is 0.459 e. The number of aliphatic hydroxyl groups excluding tert-OH is 1. The van der Waals surface area contributed by atoms with E-state index in [2.05, 4.69) is 6.58 Å². The molecular weight excluding hydrogens is 638 g/mol. The summed E-state index contributed by atoms with van der Waals surface area (Å²) < 4.78 is 116. The number of hydrogen-bond donors (Lipinski definition) is 1. The lowest BCUT2D eigenvalue weighted by molar-refractivity contribution is -0.354. The molecule has 0 amide bonds. The SMILES string of the molecule is C=CC[C@H](O)C[C@H](OCc1ccccc1)[C@@H](CO[Si](C)(C)C(C)(C)C)O[Si](CCC(F)(F)C(F)(F)C(F)(F)F)(C(C)C)C(C)C. The van der Waals surface area contributed by atoms with Crippen LogP contribution in [0.15, 0.2) is 43.0 Å². The molecule has 1 N–H and O–H groups in total. The van der Waals surface area contributed by atoms with Crippen LogP contribution in [-0.4, -0.2) is 64.7 Å². The Hall–Kier alpha value is -1.26. The molecule has 0 saturated carbocycles. The quantitative estimate of drug-likeness (QED) is 0.0892. The summed E-state index contributed by atoms with van der Waals surface area (Å²) in [5, 5.41) is 10.6. The first-order valence-corrected chi connectivity index (χ1v) is 20.6. The largest absolute Gasteiger partial charge is 0.459 e. The molecule has 13 heteroatoms. The number of hydrogen-bond acceptors (Lipinski definition) is 4. The molecule has 45 heavy (non-hydrogen) atoms. The minimum absolute atomic E-state index is 0.0416. The van der Waals surface area contributed by atoms with E-state index in [0.29, 0.717) is 0 Å². The van der Waals surface area contributed by atoms with E-state index < -0.39 is 76.5 Å². The monoisotopic (exact) mass is 690 g/mol. The van der Waals surface area contributed by atoms with Gasteiger partial charge in [0.25, 0.3) is 0 Å². The molecule has 0 bridgehead atoms. The van der Waals surface area contributed by atoms with Crippen LogP contribution < -0.4 is 0 Å². The zero-order chi connectivity index (χ0) is 35.1. The summed E-state index contributed by atoms with van der Waals surface area (Å²) >= 11 is 0. The van der Waals surface area contributed by atoms with E-state index in [0.717, 1.165) is 5.56 Å². The highest BCUT2D eigenvalue weighted by Gasteiger charge is 2.72. The van der Waals surface area contributed by atoms with Crippen molar-refractivity contribution in [3.05, 3.63) is 48.6 Å². The zero-order valence-corrected chi connectivity index (χ0v) is 30.1. The summed E-state index contributed by atoms with van der Waals surface area (Å²) in [6.07, 6.45) is -8.93. The Balaban J connectivity index is 3.65. The highest BCUT2D eigenvalue weighted by molar-refractivity contribution is 6.76. The number of rotatable bonds is 19. The van der Waals surface area contributed by atoms with Crippen LogP contribution in [0.4, 0.5) is 30.7 Å². The fourth-order valence-electron chi connectivity index (χ4n) is 4.96. The molecular formula is C32H53F7O4Si2. The second kappa shape index (κ2) is 16.2. The summed E-state index contributed by atoms with van der Waals surface area (Å²) in [7, 11) is -5.99. The molecule has 0 radical (unpaired) electrons. The molecule has 0 aromatic heterocycles. The van der Waals surface area contributed by atoms with Gasteiger partial charge < -0.3 is 18.7 Å². The van der Waals surface area contributed by atoms with E-state index in [9.17, 15) is 35.8 Å². The Morgan fingerprint density at radius 1 is 0.889 bits per heavy atom. The van der Waals surface area contributed by atoms with Gasteiger partial charge in [0.2, 0.25) is 0 Å². The van der Waals surface area contributed by atoms with Crippen molar-refractivity contribution in [1.29, 1.82) is 0 Å². The van der Waals surface area contributed by atoms with Gasteiger partial charge in [0.15, 0.2) is 16.6 Å². The van der Waals surface area contributed by atoms with Crippen molar-refractivity contribution >= 4 is 16.6 Å². The average Bonchev–Trinajstić information content (AvgIpc) is 2.89. The highest BCUT2D eigenvalue weighted by atomic mass is 28.4. The van der Waals surface area contributed by atoms with Crippen molar-refractivity contribution in [2.75, 3.05) is 6.61 Å². The van der Waals surface area contributed by atoms with Gasteiger partial charge in [-0.2, -0.15) is 30.7 Å². The van der Waals surface area contributed by atoms with Gasteiger partial charge in [0, 0.05) is 12.8 Å². The predicted octanol–water partition coefficient (Wildman–Crippen LogP) is 10.3. The topological polar surface area (TPSA) is 47.9 Å². The van der Waals surface area contributed by atoms with E-state index >= 15 is 0 Å². The fraction of sp³-hybridized carbons (Fsp3) is 0.750. The minimum Gasteiger partial charge on any atom is -0.414 e. The first kappa shape index (κ1) is 41.8. The third kappa shape index (κ3) is 11.2. The van der Waals surface area contributed by atoms with Crippen LogP contribution in [-0.2, 0) is 20.2 Å². The van der Waals surface area contributed by atoms with Crippen LogP contribution in [0.3, 0.4) is 0 Å². The van der Waals surface area contributed by atoms with Gasteiger partial charge in [-0.3, -0.25) is 0 Å². The maximum atomic E-state index is 14.7. The Morgan fingerprint density at radius 3 is 1.87 bits per heavy atom. The molecule has 0 aliphatic heterocycles. The van der Waals surface area contributed by atoms with Crippen molar-refractivity contribution in [2.45, 2.75) is 146 Å². The Bertz CT molecular complexity index is 1020. The smallest absolute Gasteiger partial charge is 0.414 e. The molecule has 1 rings (SSSR count). The molecule has 0 aliphatic carbocycles. The van der Waals surface area contributed by atoms with Crippen LogP contribution in [0.5, 0.6) is 0 Å². The maximum absolute atomic E-state index is 14.7. The molecule has 0 aliphatic rings. The van der Waals surface area contributed by atoms with Crippen molar-refractivity contribution < 1.29 is 49.4 Å². The lowest BCUT2D eigenvalue weighted by Gasteiger charge is -2.45.